The van der Waals surface area contributed by atoms with E-state index in [1.54, 1.807) is 10.8 Å². The number of nitrogens with zero attached hydrogens (tertiary/aromatic N) is 1. The molecule has 0 aliphatic rings. The molecule has 1 rings (SSSR count). The van der Waals surface area contributed by atoms with Crippen molar-refractivity contribution >= 4 is 12.2 Å². The van der Waals surface area contributed by atoms with Crippen LogP contribution in [-0.4, -0.2) is 10.5 Å². The van der Waals surface area contributed by atoms with Gasteiger partial charge in [-0.2, -0.15) is 0 Å². The maximum absolute atomic E-state index is 10.3. The minimum absolute atomic E-state index is 0.312. The molecule has 0 N–H and O–H groups in total. The average Bonchev–Trinajstić information content (AvgIpc) is 2.39. The van der Waals surface area contributed by atoms with Gasteiger partial charge in [0.2, 0.25) is 0 Å². The van der Waals surface area contributed by atoms with Crippen molar-refractivity contribution < 1.29 is 9.53 Å². The minimum Gasteiger partial charge on any atom is -0.433 e. The Kier molecular flexibility index (Phi) is 2.49. The molecule has 11 heavy (non-hydrogen) atoms. The summed E-state index contributed by atoms with van der Waals surface area (Å²) in [6.07, 6.45) is 6.70. The highest BCUT2D eigenvalue weighted by molar-refractivity contribution is 5.66. The Morgan fingerprint density at radius 3 is 2.64 bits per heavy atom. The lowest BCUT2D eigenvalue weighted by molar-refractivity contribution is -0.135. The van der Waals surface area contributed by atoms with E-state index in [-0.39, 0.29) is 5.97 Å². The highest BCUT2D eigenvalue weighted by Crippen LogP contribution is 1.90. The van der Waals surface area contributed by atoms with E-state index in [9.17, 15) is 4.79 Å². The molecule has 0 spiro atoms. The molecule has 0 saturated heterocycles. The van der Waals surface area contributed by atoms with Gasteiger partial charge in [0.15, 0.2) is 0 Å². The molecule has 1 aromatic heterocycles. The van der Waals surface area contributed by atoms with Gasteiger partial charge >= 0.3 is 5.97 Å². The predicted octanol–water partition coefficient (Wildman–Crippen LogP) is 1.48. The standard InChI is InChI=1S/C8H9NO2/c1-8(10)11-7-6-9-4-2-3-5-9/h2-7H,1H3. The lowest BCUT2D eigenvalue weighted by Crippen LogP contribution is -1.90. The average molecular weight is 151 g/mol. The first kappa shape index (κ1) is 7.60. The SMILES string of the molecule is CC(=O)OC=Cn1cccc1. The summed E-state index contributed by atoms with van der Waals surface area (Å²) < 4.78 is 6.36. The van der Waals surface area contributed by atoms with Gasteiger partial charge in [-0.05, 0) is 12.1 Å². The molecule has 3 heteroatoms. The maximum atomic E-state index is 10.3. The molecule has 3 nitrogen and oxygen atoms in total. The van der Waals surface area contributed by atoms with E-state index >= 15 is 0 Å². The van der Waals surface area contributed by atoms with E-state index in [2.05, 4.69) is 4.74 Å². The Morgan fingerprint density at radius 1 is 1.45 bits per heavy atom. The van der Waals surface area contributed by atoms with Crippen LogP contribution in [-0.2, 0) is 9.53 Å². The zero-order valence-electron chi connectivity index (χ0n) is 6.23. The summed E-state index contributed by atoms with van der Waals surface area (Å²) in [5.74, 6) is -0.312. The Hall–Kier alpha value is -1.51. The van der Waals surface area contributed by atoms with Crippen molar-refractivity contribution in [2.75, 3.05) is 0 Å². The van der Waals surface area contributed by atoms with E-state index in [1.165, 1.54) is 13.2 Å². The molecular formula is C8H9NO2. The van der Waals surface area contributed by atoms with E-state index in [0.717, 1.165) is 0 Å². The van der Waals surface area contributed by atoms with Crippen LogP contribution < -0.4 is 0 Å². The Labute approximate surface area is 64.9 Å². The van der Waals surface area contributed by atoms with Crippen LogP contribution in [0.1, 0.15) is 6.92 Å². The molecule has 58 valence electrons. The van der Waals surface area contributed by atoms with Crippen LogP contribution in [0.15, 0.2) is 30.8 Å². The number of rotatable bonds is 2. The molecule has 0 unspecified atom stereocenters. The van der Waals surface area contributed by atoms with Crippen molar-refractivity contribution in [2.24, 2.45) is 0 Å². The fraction of sp³-hybridized carbons (Fsp3) is 0.125. The van der Waals surface area contributed by atoms with Crippen molar-refractivity contribution in [3.63, 3.8) is 0 Å². The van der Waals surface area contributed by atoms with Crippen LogP contribution in [0.25, 0.3) is 6.20 Å². The molecular weight excluding hydrogens is 142 g/mol. The molecule has 0 aliphatic carbocycles. The second-order valence-corrected chi connectivity index (χ2v) is 2.02. The van der Waals surface area contributed by atoms with Gasteiger partial charge in [-0.3, -0.25) is 4.79 Å². The summed E-state index contributed by atoms with van der Waals surface area (Å²) in [7, 11) is 0. The van der Waals surface area contributed by atoms with Crippen molar-refractivity contribution in [2.45, 2.75) is 6.92 Å². The zero-order chi connectivity index (χ0) is 8.10. The quantitative estimate of drug-likeness (QED) is 0.473. The fourth-order valence-electron chi connectivity index (χ4n) is 0.644. The third-order valence-electron chi connectivity index (χ3n) is 1.09. The predicted molar refractivity (Wildman–Crippen MR) is 41.5 cm³/mol. The number of carbonyl (C=O) groups excluding carboxylic acids is 1. The molecule has 0 bridgehead atoms. The van der Waals surface area contributed by atoms with Crippen LogP contribution in [0.3, 0.4) is 0 Å². The molecule has 0 amide bonds. The minimum atomic E-state index is -0.312. The van der Waals surface area contributed by atoms with Crippen molar-refractivity contribution in [1.82, 2.24) is 4.57 Å². The smallest absolute Gasteiger partial charge is 0.307 e. The first-order valence-corrected chi connectivity index (χ1v) is 3.25. The molecule has 0 aromatic carbocycles. The largest absolute Gasteiger partial charge is 0.433 e. The van der Waals surface area contributed by atoms with E-state index in [4.69, 9.17) is 0 Å². The van der Waals surface area contributed by atoms with E-state index in [0.29, 0.717) is 0 Å². The van der Waals surface area contributed by atoms with Crippen LogP contribution in [0, 0.1) is 0 Å². The molecule has 0 aliphatic heterocycles. The fourth-order valence-corrected chi connectivity index (χ4v) is 0.644. The first-order chi connectivity index (χ1) is 5.29. The number of ether oxygens (including phenoxy) is 1. The molecule has 1 aromatic rings. The Bertz CT molecular complexity index is 249. The molecule has 0 radical (unpaired) electrons. The number of carbonyl (C=O) groups is 1. The molecule has 1 heterocycles. The van der Waals surface area contributed by atoms with Crippen LogP contribution in [0.2, 0.25) is 0 Å². The van der Waals surface area contributed by atoms with Gasteiger partial charge in [0.25, 0.3) is 0 Å². The third-order valence-corrected chi connectivity index (χ3v) is 1.09. The van der Waals surface area contributed by atoms with Crippen molar-refractivity contribution in [1.29, 1.82) is 0 Å². The summed E-state index contributed by atoms with van der Waals surface area (Å²) >= 11 is 0. The van der Waals surface area contributed by atoms with Crippen LogP contribution in [0.5, 0.6) is 0 Å². The lowest BCUT2D eigenvalue weighted by Gasteiger charge is -1.91. The van der Waals surface area contributed by atoms with Crippen LogP contribution in [0.4, 0.5) is 0 Å². The number of hydrogen-bond donors (Lipinski definition) is 0. The van der Waals surface area contributed by atoms with Gasteiger partial charge in [0, 0.05) is 25.5 Å². The summed E-state index contributed by atoms with van der Waals surface area (Å²) in [5.41, 5.74) is 0. The Balaban J connectivity index is 2.43. The molecule has 0 atom stereocenters. The monoisotopic (exact) mass is 151 g/mol. The second kappa shape index (κ2) is 3.61. The number of esters is 1. The highest BCUT2D eigenvalue weighted by Gasteiger charge is 1.84. The topological polar surface area (TPSA) is 31.2 Å². The van der Waals surface area contributed by atoms with E-state index in [1.807, 2.05) is 24.5 Å². The zero-order valence-corrected chi connectivity index (χ0v) is 6.23. The van der Waals surface area contributed by atoms with Gasteiger partial charge in [-0.25, -0.2) is 0 Å². The number of hydrogen-bond acceptors (Lipinski definition) is 2. The van der Waals surface area contributed by atoms with Crippen molar-refractivity contribution in [3.05, 3.63) is 30.8 Å². The molecule has 0 saturated carbocycles. The first-order valence-electron chi connectivity index (χ1n) is 3.25. The summed E-state index contributed by atoms with van der Waals surface area (Å²) in [4.78, 5) is 10.3. The number of aromatic nitrogens is 1. The van der Waals surface area contributed by atoms with E-state index < -0.39 is 0 Å². The summed E-state index contributed by atoms with van der Waals surface area (Å²) in [6.45, 7) is 1.36. The molecule has 0 fully saturated rings. The van der Waals surface area contributed by atoms with Gasteiger partial charge < -0.3 is 9.30 Å². The normalized spacial score (nSPS) is 10.3. The summed E-state index contributed by atoms with van der Waals surface area (Å²) in [6, 6.07) is 3.77. The van der Waals surface area contributed by atoms with Gasteiger partial charge in [-0.15, -0.1) is 0 Å². The van der Waals surface area contributed by atoms with Gasteiger partial charge in [0.05, 0.1) is 0 Å². The van der Waals surface area contributed by atoms with Crippen LogP contribution >= 0.6 is 0 Å². The Morgan fingerprint density at radius 2 is 2.09 bits per heavy atom. The maximum Gasteiger partial charge on any atom is 0.307 e. The lowest BCUT2D eigenvalue weighted by atomic mass is 10.7. The van der Waals surface area contributed by atoms with Crippen molar-refractivity contribution in [3.8, 4) is 0 Å². The van der Waals surface area contributed by atoms with Gasteiger partial charge in [-0.1, -0.05) is 0 Å². The summed E-state index contributed by atoms with van der Waals surface area (Å²) in [5, 5.41) is 0. The second-order valence-electron chi connectivity index (χ2n) is 2.02. The third kappa shape index (κ3) is 2.71. The van der Waals surface area contributed by atoms with Gasteiger partial charge in [0.1, 0.15) is 6.26 Å². The highest BCUT2D eigenvalue weighted by atomic mass is 16.5.